The Bertz CT molecular complexity index is 1020. The van der Waals surface area contributed by atoms with Crippen LogP contribution in [-0.2, 0) is 18.3 Å². The van der Waals surface area contributed by atoms with Crippen LogP contribution in [0.4, 0.5) is 0 Å². The van der Waals surface area contributed by atoms with Gasteiger partial charge in [0.2, 0.25) is 0 Å². The van der Waals surface area contributed by atoms with E-state index in [0.29, 0.717) is 12.2 Å². The number of carbonyl (C=O) groups is 1. The summed E-state index contributed by atoms with van der Waals surface area (Å²) in [5.74, 6) is 7.17. The number of aryl methyl sites for hydroxylation is 1. The second-order valence-electron chi connectivity index (χ2n) is 12.2. The molecular weight excluding hydrogens is 392 g/mol. The molecule has 0 bridgehead atoms. The predicted octanol–water partition coefficient (Wildman–Crippen LogP) is 6.59. The molecule has 3 heteroatoms. The van der Waals surface area contributed by atoms with Crippen LogP contribution in [0, 0.1) is 46.8 Å². The van der Waals surface area contributed by atoms with Crippen molar-refractivity contribution in [2.24, 2.45) is 53.9 Å². The number of fused-ring (bicyclic) bond motifs is 6. The molecule has 8 atom stereocenters. The summed E-state index contributed by atoms with van der Waals surface area (Å²) < 4.78 is 2.13. The second-order valence-corrected chi connectivity index (χ2v) is 12.2. The van der Waals surface area contributed by atoms with E-state index in [1.54, 1.807) is 0 Å². The lowest BCUT2D eigenvalue weighted by Gasteiger charge is -2.56. The highest BCUT2D eigenvalue weighted by molar-refractivity contribution is 5.85. The summed E-state index contributed by atoms with van der Waals surface area (Å²) >= 11 is 0. The van der Waals surface area contributed by atoms with Crippen molar-refractivity contribution in [3.05, 3.63) is 30.1 Å². The molecule has 0 amide bonds. The molecule has 2 aromatic rings. The molecule has 1 heterocycles. The third kappa shape index (κ3) is 3.13. The van der Waals surface area contributed by atoms with Crippen LogP contribution in [0.1, 0.15) is 77.5 Å². The minimum Gasteiger partial charge on any atom is -0.331 e. The number of imidazole rings is 1. The van der Waals surface area contributed by atoms with Gasteiger partial charge in [-0.15, -0.1) is 0 Å². The quantitative estimate of drug-likeness (QED) is 0.548. The van der Waals surface area contributed by atoms with Crippen LogP contribution < -0.4 is 0 Å². The first-order chi connectivity index (χ1) is 15.5. The number of rotatable bonds is 3. The van der Waals surface area contributed by atoms with E-state index in [1.165, 1.54) is 51.4 Å². The molecule has 4 fully saturated rings. The van der Waals surface area contributed by atoms with E-state index >= 15 is 0 Å². The summed E-state index contributed by atoms with van der Waals surface area (Å²) in [6, 6.07) is 8.24. The van der Waals surface area contributed by atoms with Gasteiger partial charge in [-0.05, 0) is 104 Å². The van der Waals surface area contributed by atoms with Crippen molar-refractivity contribution >= 4 is 16.8 Å². The maximum Gasteiger partial charge on any atom is 0.144 e. The van der Waals surface area contributed by atoms with Crippen LogP contribution in [0.5, 0.6) is 0 Å². The van der Waals surface area contributed by atoms with Gasteiger partial charge in [0.1, 0.15) is 11.6 Å². The fraction of sp³-hybridized carbons (Fsp3) is 0.724. The summed E-state index contributed by atoms with van der Waals surface area (Å²) in [5.41, 5.74) is 2.36. The SMILES string of the molecule is CC1CCC2C(CCC3C2CCC2(C)C(C(=O)Cc4nc5ccccc5n4C)CCC32)C1. The van der Waals surface area contributed by atoms with E-state index in [1.807, 2.05) is 6.07 Å². The normalized spacial score (nSPS) is 41.2. The molecule has 0 spiro atoms. The molecule has 0 saturated heterocycles. The Balaban J connectivity index is 1.21. The van der Waals surface area contributed by atoms with Crippen molar-refractivity contribution < 1.29 is 4.79 Å². The molecule has 0 N–H and O–H groups in total. The van der Waals surface area contributed by atoms with Gasteiger partial charge in [0.25, 0.3) is 0 Å². The monoisotopic (exact) mass is 432 g/mol. The lowest BCUT2D eigenvalue weighted by Crippen LogP contribution is -2.49. The third-order valence-corrected chi connectivity index (χ3v) is 10.8. The number of para-hydroxylation sites is 2. The van der Waals surface area contributed by atoms with Gasteiger partial charge < -0.3 is 4.57 Å². The van der Waals surface area contributed by atoms with Crippen LogP contribution in [0.2, 0.25) is 0 Å². The van der Waals surface area contributed by atoms with E-state index < -0.39 is 0 Å². The van der Waals surface area contributed by atoms with Crippen LogP contribution in [0.15, 0.2) is 24.3 Å². The van der Waals surface area contributed by atoms with E-state index in [-0.39, 0.29) is 11.3 Å². The maximum atomic E-state index is 13.7. The van der Waals surface area contributed by atoms with Crippen molar-refractivity contribution in [3.8, 4) is 0 Å². The molecule has 3 nitrogen and oxygen atoms in total. The highest BCUT2D eigenvalue weighted by Gasteiger charge is 2.58. The maximum absolute atomic E-state index is 13.7. The lowest BCUT2D eigenvalue weighted by molar-refractivity contribution is -0.130. The highest BCUT2D eigenvalue weighted by atomic mass is 16.1. The molecule has 1 aromatic carbocycles. The highest BCUT2D eigenvalue weighted by Crippen LogP contribution is 2.64. The molecule has 172 valence electrons. The van der Waals surface area contributed by atoms with E-state index in [2.05, 4.69) is 43.7 Å². The smallest absolute Gasteiger partial charge is 0.144 e. The first-order valence-corrected chi connectivity index (χ1v) is 13.4. The Morgan fingerprint density at radius 2 is 1.84 bits per heavy atom. The Labute approximate surface area is 193 Å². The molecule has 0 aliphatic heterocycles. The molecule has 4 saturated carbocycles. The topological polar surface area (TPSA) is 34.9 Å². The number of hydrogen-bond donors (Lipinski definition) is 0. The van der Waals surface area contributed by atoms with Crippen LogP contribution in [0.25, 0.3) is 11.0 Å². The Kier molecular flexibility index (Phi) is 5.04. The van der Waals surface area contributed by atoms with Crippen molar-refractivity contribution in [1.29, 1.82) is 0 Å². The van der Waals surface area contributed by atoms with Crippen molar-refractivity contribution in [3.63, 3.8) is 0 Å². The average molecular weight is 433 g/mol. The second kappa shape index (κ2) is 7.71. The van der Waals surface area contributed by atoms with Crippen molar-refractivity contribution in [1.82, 2.24) is 9.55 Å². The Morgan fingerprint density at radius 3 is 2.69 bits per heavy atom. The van der Waals surface area contributed by atoms with Gasteiger partial charge in [0.15, 0.2) is 0 Å². The standard InChI is InChI=1S/C29H40N2O/c1-18-8-10-20-19(16-18)9-11-22-21(20)14-15-29(2)23(22)12-13-24(29)27(32)17-28-30-25-6-4-5-7-26(25)31(28)3/h4-7,18-24H,8-17H2,1-3H3. The molecule has 4 aliphatic carbocycles. The molecule has 32 heavy (non-hydrogen) atoms. The number of aromatic nitrogens is 2. The lowest BCUT2D eigenvalue weighted by atomic mass is 9.49. The summed E-state index contributed by atoms with van der Waals surface area (Å²) in [7, 11) is 2.06. The number of Topliss-reactive ketones (excluding diaryl/α,β-unsaturated/α-hetero) is 1. The van der Waals surface area contributed by atoms with Gasteiger partial charge >= 0.3 is 0 Å². The van der Waals surface area contributed by atoms with Gasteiger partial charge in [-0.3, -0.25) is 4.79 Å². The molecular formula is C29H40N2O. The fourth-order valence-electron chi connectivity index (χ4n) is 9.25. The number of ketones is 1. The van der Waals surface area contributed by atoms with E-state index in [9.17, 15) is 4.79 Å². The first-order valence-electron chi connectivity index (χ1n) is 13.4. The summed E-state index contributed by atoms with van der Waals surface area (Å²) in [6.07, 6.45) is 12.8. The van der Waals surface area contributed by atoms with Gasteiger partial charge in [-0.1, -0.05) is 32.4 Å². The van der Waals surface area contributed by atoms with Crippen LogP contribution in [0.3, 0.4) is 0 Å². The van der Waals surface area contributed by atoms with Gasteiger partial charge in [-0.2, -0.15) is 0 Å². The summed E-state index contributed by atoms with van der Waals surface area (Å²) in [4.78, 5) is 18.5. The first kappa shape index (κ1) is 20.9. The molecule has 1 aromatic heterocycles. The molecule has 8 unspecified atom stereocenters. The molecule has 6 rings (SSSR count). The van der Waals surface area contributed by atoms with Crippen molar-refractivity contribution in [2.75, 3.05) is 0 Å². The summed E-state index contributed by atoms with van der Waals surface area (Å²) in [6.45, 7) is 4.96. The number of carbonyl (C=O) groups excluding carboxylic acids is 1. The third-order valence-electron chi connectivity index (χ3n) is 10.8. The predicted molar refractivity (Wildman–Crippen MR) is 129 cm³/mol. The number of hydrogen-bond acceptors (Lipinski definition) is 2. The molecule has 0 radical (unpaired) electrons. The van der Waals surface area contributed by atoms with Crippen molar-refractivity contribution in [2.45, 2.75) is 78.1 Å². The zero-order chi connectivity index (χ0) is 22.0. The van der Waals surface area contributed by atoms with E-state index in [4.69, 9.17) is 4.98 Å². The Hall–Kier alpha value is -1.64. The minimum absolute atomic E-state index is 0.220. The van der Waals surface area contributed by atoms with E-state index in [0.717, 1.165) is 58.8 Å². The Morgan fingerprint density at radius 1 is 1.03 bits per heavy atom. The van der Waals surface area contributed by atoms with Crippen LogP contribution >= 0.6 is 0 Å². The zero-order valence-corrected chi connectivity index (χ0v) is 20.2. The number of benzene rings is 1. The zero-order valence-electron chi connectivity index (χ0n) is 20.2. The van der Waals surface area contributed by atoms with Crippen LogP contribution in [-0.4, -0.2) is 15.3 Å². The average Bonchev–Trinajstić information content (AvgIpc) is 3.30. The van der Waals surface area contributed by atoms with Gasteiger partial charge in [-0.25, -0.2) is 4.98 Å². The van der Waals surface area contributed by atoms with Gasteiger partial charge in [0.05, 0.1) is 17.5 Å². The largest absolute Gasteiger partial charge is 0.331 e. The molecule has 4 aliphatic rings. The summed E-state index contributed by atoms with van der Waals surface area (Å²) in [5, 5.41) is 0. The number of nitrogens with zero attached hydrogens (tertiary/aromatic N) is 2. The van der Waals surface area contributed by atoms with Gasteiger partial charge in [0, 0.05) is 13.0 Å². The fourth-order valence-corrected chi connectivity index (χ4v) is 9.25. The minimum atomic E-state index is 0.220.